The average Bonchev–Trinajstić information content (AvgIpc) is 2.61. The van der Waals surface area contributed by atoms with E-state index in [2.05, 4.69) is 27.0 Å². The molecule has 2 heterocycles. The van der Waals surface area contributed by atoms with Crippen LogP contribution in [0.5, 0.6) is 0 Å². The molecule has 15 heavy (non-hydrogen) atoms. The van der Waals surface area contributed by atoms with E-state index in [1.54, 1.807) is 16.8 Å². The van der Waals surface area contributed by atoms with Crippen LogP contribution < -0.4 is 0 Å². The van der Waals surface area contributed by atoms with Crippen molar-refractivity contribution in [2.45, 2.75) is 6.92 Å². The van der Waals surface area contributed by atoms with E-state index < -0.39 is 0 Å². The second kappa shape index (κ2) is 3.87. The van der Waals surface area contributed by atoms with Gasteiger partial charge in [-0.05, 0) is 46.6 Å². The molecule has 0 aliphatic carbocycles. The number of halogens is 1. The van der Waals surface area contributed by atoms with Crippen LogP contribution in [0.2, 0.25) is 0 Å². The van der Waals surface area contributed by atoms with Crippen molar-refractivity contribution in [2.75, 3.05) is 0 Å². The summed E-state index contributed by atoms with van der Waals surface area (Å²) in [6.45, 7) is 1.98. The van der Waals surface area contributed by atoms with Crippen molar-refractivity contribution in [3.05, 3.63) is 46.3 Å². The smallest absolute Gasteiger partial charge is 0.138 e. The third-order valence-electron chi connectivity index (χ3n) is 2.07. The lowest BCUT2D eigenvalue weighted by Crippen LogP contribution is -1.99. The Kier molecular flexibility index (Phi) is 2.57. The van der Waals surface area contributed by atoms with Gasteiger partial charge in [-0.25, -0.2) is 4.98 Å². The molecule has 4 heteroatoms. The zero-order chi connectivity index (χ0) is 10.8. The Balaban J connectivity index is 2.59. The molecule has 0 aromatic carbocycles. The zero-order valence-electron chi connectivity index (χ0n) is 8.11. The van der Waals surface area contributed by atoms with E-state index >= 15 is 0 Å². The van der Waals surface area contributed by atoms with Crippen LogP contribution in [-0.4, -0.2) is 9.55 Å². The number of nitrogens with zero attached hydrogens (tertiary/aromatic N) is 3. The lowest BCUT2D eigenvalue weighted by atomic mass is 10.3. The molecule has 2 rings (SSSR count). The van der Waals surface area contributed by atoms with Crippen LogP contribution in [0.1, 0.15) is 11.3 Å². The molecule has 0 bridgehead atoms. The van der Waals surface area contributed by atoms with Crippen LogP contribution >= 0.6 is 15.9 Å². The highest BCUT2D eigenvalue weighted by atomic mass is 79.9. The molecule has 0 N–H and O–H groups in total. The van der Waals surface area contributed by atoms with E-state index in [9.17, 15) is 0 Å². The summed E-state index contributed by atoms with van der Waals surface area (Å²) in [6.07, 6.45) is 1.78. The van der Waals surface area contributed by atoms with Crippen molar-refractivity contribution < 1.29 is 0 Å². The fraction of sp³-hybridized carbons (Fsp3) is 0.0909. The summed E-state index contributed by atoms with van der Waals surface area (Å²) in [7, 11) is 0. The molecular formula is C11H8BrN3. The molecule has 2 aromatic heterocycles. The predicted molar refractivity (Wildman–Crippen MR) is 60.7 cm³/mol. The third kappa shape index (κ3) is 1.79. The molecular weight excluding hydrogens is 254 g/mol. The summed E-state index contributed by atoms with van der Waals surface area (Å²) in [6, 6.07) is 9.57. The molecule has 0 unspecified atom stereocenters. The largest absolute Gasteiger partial charge is 0.279 e. The zero-order valence-corrected chi connectivity index (χ0v) is 9.69. The Morgan fingerprint density at radius 1 is 1.33 bits per heavy atom. The monoisotopic (exact) mass is 261 g/mol. The van der Waals surface area contributed by atoms with E-state index in [4.69, 9.17) is 5.26 Å². The predicted octanol–water partition coefficient (Wildman–Crippen LogP) is 2.81. The first-order valence-corrected chi connectivity index (χ1v) is 5.22. The van der Waals surface area contributed by atoms with Crippen molar-refractivity contribution >= 4 is 15.9 Å². The van der Waals surface area contributed by atoms with Gasteiger partial charge >= 0.3 is 0 Å². The van der Waals surface area contributed by atoms with Crippen molar-refractivity contribution in [2.24, 2.45) is 0 Å². The maximum absolute atomic E-state index is 8.93. The molecule has 0 atom stereocenters. The Bertz CT molecular complexity index is 520. The van der Waals surface area contributed by atoms with Gasteiger partial charge in [0.1, 0.15) is 17.6 Å². The van der Waals surface area contributed by atoms with Crippen molar-refractivity contribution in [3.8, 4) is 11.9 Å². The summed E-state index contributed by atoms with van der Waals surface area (Å²) in [4.78, 5) is 4.27. The van der Waals surface area contributed by atoms with Crippen molar-refractivity contribution in [1.29, 1.82) is 5.26 Å². The van der Waals surface area contributed by atoms with E-state index in [1.807, 2.05) is 25.1 Å². The Morgan fingerprint density at radius 3 is 2.73 bits per heavy atom. The number of aromatic nitrogens is 2. The van der Waals surface area contributed by atoms with Gasteiger partial charge in [0.05, 0.1) is 4.60 Å². The summed E-state index contributed by atoms with van der Waals surface area (Å²) in [5, 5.41) is 8.93. The van der Waals surface area contributed by atoms with Crippen molar-refractivity contribution in [1.82, 2.24) is 9.55 Å². The molecule has 0 amide bonds. The molecule has 0 fully saturated rings. The first-order valence-electron chi connectivity index (χ1n) is 4.43. The fourth-order valence-corrected chi connectivity index (χ4v) is 1.83. The van der Waals surface area contributed by atoms with E-state index in [0.717, 1.165) is 16.0 Å². The van der Waals surface area contributed by atoms with E-state index in [0.29, 0.717) is 5.69 Å². The molecule has 3 nitrogen and oxygen atoms in total. The minimum Gasteiger partial charge on any atom is -0.279 e. The van der Waals surface area contributed by atoms with E-state index in [1.165, 1.54) is 0 Å². The van der Waals surface area contributed by atoms with Gasteiger partial charge in [-0.15, -0.1) is 0 Å². The second-order valence-corrected chi connectivity index (χ2v) is 3.99. The highest BCUT2D eigenvalue weighted by Crippen LogP contribution is 2.19. The number of pyridine rings is 1. The molecule has 0 aliphatic heterocycles. The molecule has 0 saturated carbocycles. The highest BCUT2D eigenvalue weighted by Gasteiger charge is 2.07. The normalized spacial score (nSPS) is 9.93. The fourth-order valence-electron chi connectivity index (χ4n) is 1.32. The van der Waals surface area contributed by atoms with Gasteiger partial charge < -0.3 is 0 Å². The topological polar surface area (TPSA) is 41.6 Å². The van der Waals surface area contributed by atoms with Crippen LogP contribution in [0.25, 0.3) is 5.82 Å². The van der Waals surface area contributed by atoms with Gasteiger partial charge in [0.2, 0.25) is 0 Å². The van der Waals surface area contributed by atoms with Gasteiger partial charge in [0.25, 0.3) is 0 Å². The van der Waals surface area contributed by atoms with Crippen molar-refractivity contribution in [3.63, 3.8) is 0 Å². The Labute approximate surface area is 96.1 Å². The molecule has 0 radical (unpaired) electrons. The minimum atomic E-state index is 0.568. The Morgan fingerprint density at radius 2 is 2.13 bits per heavy atom. The van der Waals surface area contributed by atoms with E-state index in [-0.39, 0.29) is 0 Å². The molecule has 0 spiro atoms. The molecule has 2 aromatic rings. The summed E-state index contributed by atoms with van der Waals surface area (Å²) >= 11 is 3.39. The van der Waals surface area contributed by atoms with Gasteiger partial charge in [0, 0.05) is 6.20 Å². The van der Waals surface area contributed by atoms with Gasteiger partial charge in [-0.2, -0.15) is 5.26 Å². The molecule has 74 valence electrons. The van der Waals surface area contributed by atoms with Crippen LogP contribution in [0.15, 0.2) is 35.1 Å². The first kappa shape index (κ1) is 9.94. The number of rotatable bonds is 1. The standard InChI is InChI=1S/C11H8BrN3/c1-8-2-5-11(14-7-8)15-9(6-13)3-4-10(15)12/h2-5,7H,1H3. The number of hydrogen-bond donors (Lipinski definition) is 0. The molecule has 0 saturated heterocycles. The maximum atomic E-state index is 8.93. The van der Waals surface area contributed by atoms with Crippen LogP contribution in [0.3, 0.4) is 0 Å². The maximum Gasteiger partial charge on any atom is 0.138 e. The van der Waals surface area contributed by atoms with Crippen LogP contribution in [0, 0.1) is 18.3 Å². The second-order valence-electron chi connectivity index (χ2n) is 3.18. The van der Waals surface area contributed by atoms with Gasteiger partial charge in [-0.3, -0.25) is 4.57 Å². The highest BCUT2D eigenvalue weighted by molar-refractivity contribution is 9.10. The minimum absolute atomic E-state index is 0.568. The number of aryl methyl sites for hydroxylation is 1. The lowest BCUT2D eigenvalue weighted by Gasteiger charge is -2.05. The quantitative estimate of drug-likeness (QED) is 0.792. The summed E-state index contributed by atoms with van der Waals surface area (Å²) in [5.41, 5.74) is 1.67. The third-order valence-corrected chi connectivity index (χ3v) is 2.69. The average molecular weight is 262 g/mol. The lowest BCUT2D eigenvalue weighted by molar-refractivity contribution is 0.962. The first-order chi connectivity index (χ1) is 7.22. The Hall–Kier alpha value is -1.60. The molecule has 0 aliphatic rings. The van der Waals surface area contributed by atoms with Gasteiger partial charge in [-0.1, -0.05) is 6.07 Å². The van der Waals surface area contributed by atoms with Crippen LogP contribution in [-0.2, 0) is 0 Å². The summed E-state index contributed by atoms with van der Waals surface area (Å²) in [5.74, 6) is 0.744. The SMILES string of the molecule is Cc1ccc(-n2c(Br)ccc2C#N)nc1. The van der Waals surface area contributed by atoms with Crippen LogP contribution in [0.4, 0.5) is 0 Å². The summed E-state index contributed by atoms with van der Waals surface area (Å²) < 4.78 is 2.59. The van der Waals surface area contributed by atoms with Gasteiger partial charge in [0.15, 0.2) is 0 Å². The number of nitriles is 1. The number of hydrogen-bond acceptors (Lipinski definition) is 2.